The normalized spacial score (nSPS) is 19.2. The fourth-order valence-corrected chi connectivity index (χ4v) is 6.98. The summed E-state index contributed by atoms with van der Waals surface area (Å²) in [4.78, 5) is 60.2. The number of hydrogen-bond acceptors (Lipinski definition) is 11. The summed E-state index contributed by atoms with van der Waals surface area (Å²) in [5, 5.41) is 19.1. The molecule has 17 heteroatoms. The Morgan fingerprint density at radius 2 is 2.21 bits per heavy atom. The van der Waals surface area contributed by atoms with Crippen LogP contribution in [0.3, 0.4) is 0 Å². The molecule has 0 saturated carbocycles. The van der Waals surface area contributed by atoms with E-state index in [0.717, 1.165) is 40.9 Å². The molecule has 1 saturated heterocycles. The van der Waals surface area contributed by atoms with Crippen LogP contribution in [0.2, 0.25) is 4.34 Å². The van der Waals surface area contributed by atoms with Gasteiger partial charge in [-0.15, -0.1) is 11.8 Å². The Morgan fingerprint density at radius 1 is 1.42 bits per heavy atom. The van der Waals surface area contributed by atoms with Crippen LogP contribution in [0.15, 0.2) is 47.1 Å². The maximum atomic E-state index is 13.3. The number of allylic oxidation sites excluding steroid dienone is 1. The van der Waals surface area contributed by atoms with E-state index in [1.165, 1.54) is 23.6 Å². The molecule has 5 heterocycles. The fraction of sp³-hybridized carbons (Fsp3) is 0.346. The van der Waals surface area contributed by atoms with Crippen LogP contribution in [0.25, 0.3) is 10.9 Å². The van der Waals surface area contributed by atoms with Crippen molar-refractivity contribution in [3.05, 3.63) is 52.0 Å². The number of halogens is 1. The number of β-lactam (4-membered cyclic amide) rings is 1. The first-order valence-corrected chi connectivity index (χ1v) is 15.3. The van der Waals surface area contributed by atoms with Gasteiger partial charge in [0, 0.05) is 36.7 Å². The molecule has 2 aliphatic heterocycles. The molecule has 2 unspecified atom stereocenters. The van der Waals surface area contributed by atoms with E-state index >= 15 is 0 Å². The molecule has 43 heavy (non-hydrogen) atoms. The van der Waals surface area contributed by atoms with Gasteiger partial charge in [-0.3, -0.25) is 19.3 Å². The summed E-state index contributed by atoms with van der Waals surface area (Å²) in [6.45, 7) is 3.32. The number of thiazole rings is 1. The van der Waals surface area contributed by atoms with Gasteiger partial charge >= 0.3 is 5.97 Å². The first kappa shape index (κ1) is 30.5. The number of likely N-dealkylation sites (N-methyl/N-ethyl adjacent to an activating group) is 1. The Labute approximate surface area is 258 Å². The molecule has 14 nitrogen and oxygen atoms in total. The van der Waals surface area contributed by atoms with E-state index < -0.39 is 41.0 Å². The number of thioether (sulfide) groups is 1. The number of aromatic nitrogens is 3. The largest absolute Gasteiger partial charge is 0.478 e. The number of hydrogen-bond donors (Lipinski definition) is 4. The van der Waals surface area contributed by atoms with Crippen LogP contribution in [0.5, 0.6) is 0 Å². The average Bonchev–Trinajstić information content (AvgIpc) is 3.55. The van der Waals surface area contributed by atoms with Crippen LogP contribution in [0.1, 0.15) is 12.6 Å². The molecule has 1 fully saturated rings. The molecule has 226 valence electrons. The number of carbonyl (C=O) groups excluding carboxylic acids is 3. The van der Waals surface area contributed by atoms with E-state index in [2.05, 4.69) is 25.3 Å². The molecule has 0 radical (unpaired) electrons. The highest BCUT2D eigenvalue weighted by atomic mass is 35.5. The van der Waals surface area contributed by atoms with Crippen LogP contribution in [-0.4, -0.2) is 86.2 Å². The molecule has 3 atom stereocenters. The van der Waals surface area contributed by atoms with Crippen molar-refractivity contribution in [2.45, 2.75) is 37.5 Å². The second-order valence-corrected chi connectivity index (χ2v) is 12.5. The number of carbonyl (C=O) groups is 4. The lowest BCUT2D eigenvalue weighted by Gasteiger charge is -2.49. The molecule has 0 aromatic carbocycles. The van der Waals surface area contributed by atoms with E-state index in [1.54, 1.807) is 0 Å². The predicted octanol–water partition coefficient (Wildman–Crippen LogP) is 0.587. The lowest BCUT2D eigenvalue weighted by atomic mass is 10.0. The number of nitrogen functional groups attached to an aromatic ring is 1. The highest BCUT2D eigenvalue weighted by Crippen LogP contribution is 2.39. The van der Waals surface area contributed by atoms with Gasteiger partial charge in [0.2, 0.25) is 6.10 Å². The number of rotatable bonds is 12. The summed E-state index contributed by atoms with van der Waals surface area (Å²) in [6, 6.07) is 3.08. The summed E-state index contributed by atoms with van der Waals surface area (Å²) >= 11 is 8.47. The van der Waals surface area contributed by atoms with Crippen LogP contribution < -0.4 is 20.9 Å². The zero-order chi connectivity index (χ0) is 30.8. The zero-order valence-corrected chi connectivity index (χ0v) is 25.4. The van der Waals surface area contributed by atoms with Gasteiger partial charge in [-0.1, -0.05) is 28.1 Å². The number of pyridine rings is 1. The van der Waals surface area contributed by atoms with Gasteiger partial charge in [-0.05, 0) is 20.0 Å². The Kier molecular flexibility index (Phi) is 9.00. The van der Waals surface area contributed by atoms with Crippen molar-refractivity contribution in [2.24, 2.45) is 5.16 Å². The number of nitrogens with one attached hydrogen (secondary N) is 2. The predicted molar refractivity (Wildman–Crippen MR) is 160 cm³/mol. The summed E-state index contributed by atoms with van der Waals surface area (Å²) in [5.74, 6) is -2.19. The van der Waals surface area contributed by atoms with E-state index in [4.69, 9.17) is 27.3 Å². The smallest absolute Gasteiger partial charge is 0.347 e. The zero-order valence-electron chi connectivity index (χ0n) is 23.0. The number of anilines is 1. The second-order valence-electron chi connectivity index (χ2n) is 9.74. The van der Waals surface area contributed by atoms with Crippen molar-refractivity contribution < 1.29 is 33.7 Å². The average molecular weight is 648 g/mol. The van der Waals surface area contributed by atoms with E-state index in [-0.39, 0.29) is 20.9 Å². The lowest BCUT2D eigenvalue weighted by Crippen LogP contribution is -2.70. The van der Waals surface area contributed by atoms with E-state index in [9.17, 15) is 19.2 Å². The van der Waals surface area contributed by atoms with Gasteiger partial charge in [-0.2, -0.15) is 0 Å². The van der Waals surface area contributed by atoms with Gasteiger partial charge in [-0.25, -0.2) is 14.3 Å². The van der Waals surface area contributed by atoms with E-state index in [1.807, 2.05) is 42.3 Å². The molecule has 5 N–H and O–H groups in total. The third-order valence-electron chi connectivity index (χ3n) is 6.93. The maximum absolute atomic E-state index is 13.3. The second kappa shape index (κ2) is 12.7. The van der Waals surface area contributed by atoms with Crippen LogP contribution >= 0.6 is 34.7 Å². The molecule has 0 bridgehead atoms. The number of amides is 2. The van der Waals surface area contributed by atoms with Gasteiger partial charge in [0.1, 0.15) is 21.4 Å². The molecule has 3 aromatic rings. The van der Waals surface area contributed by atoms with Crippen molar-refractivity contribution in [1.82, 2.24) is 25.1 Å². The van der Waals surface area contributed by atoms with Crippen molar-refractivity contribution in [3.63, 3.8) is 0 Å². The van der Waals surface area contributed by atoms with Gasteiger partial charge < -0.3 is 30.9 Å². The molecule has 0 spiro atoms. The monoisotopic (exact) mass is 647 g/mol. The van der Waals surface area contributed by atoms with Crippen molar-refractivity contribution >= 4 is 80.5 Å². The third-order valence-corrected chi connectivity index (χ3v) is 9.35. The number of carboxylic acid groups (broad SMARTS) is 1. The number of nitrogens with two attached hydrogens (primary N) is 1. The summed E-state index contributed by atoms with van der Waals surface area (Å²) in [6.07, 6.45) is 5.27. The molecule has 2 aliphatic rings. The van der Waals surface area contributed by atoms with Gasteiger partial charge in [0.15, 0.2) is 36.1 Å². The SMILES string of the molecule is CNCCn1ccc2c[n+](CC3=C(C=O)N4C(=O)C(NC(=O)/C(=N\O[C@@H](C)C(=O)O)c5nc(N)sc5Cl)C4SC3)ccc21. The van der Waals surface area contributed by atoms with Crippen LogP contribution in [-0.2, 0) is 37.1 Å². The van der Waals surface area contributed by atoms with Crippen LogP contribution in [0.4, 0.5) is 5.13 Å². The highest BCUT2D eigenvalue weighted by Gasteiger charge is 2.53. The molecule has 2 amide bonds. The minimum Gasteiger partial charge on any atom is -0.478 e. The number of aldehydes is 1. The fourth-order valence-electron chi connectivity index (χ4n) is 4.70. The first-order chi connectivity index (χ1) is 20.6. The number of fused-ring (bicyclic) bond motifs is 2. The van der Waals surface area contributed by atoms with E-state index in [0.29, 0.717) is 18.6 Å². The van der Waals surface area contributed by atoms with Gasteiger partial charge in [0.25, 0.3) is 11.8 Å². The van der Waals surface area contributed by atoms with Crippen molar-refractivity contribution in [2.75, 3.05) is 25.1 Å². The Balaban J connectivity index is 1.32. The topological polar surface area (TPSA) is 185 Å². The van der Waals surface area contributed by atoms with Crippen molar-refractivity contribution in [3.8, 4) is 0 Å². The standard InChI is InChI=1S/C26H27ClN8O6S2/c1-13(25(39)40)41-32-19(18-21(27)43-26(28)31-18)22(37)30-20-23(38)35-17(11-36)15(12-42-24(20)35)10-33-6-4-16-14(9-33)3-7-34(16)8-5-29-2/h3-4,6-7,9,11,13,20,24,29H,5,8,10,12H2,1-2H3,(H3-,28,30,31,37,39,40)/p+1/b32-19-/t13-,20?,24?/m0/s1. The summed E-state index contributed by atoms with van der Waals surface area (Å²) < 4.78 is 4.16. The number of aliphatic carboxylic acids is 1. The Bertz CT molecular complexity index is 1670. The Morgan fingerprint density at radius 3 is 2.88 bits per heavy atom. The van der Waals surface area contributed by atoms with Gasteiger partial charge in [0.05, 0.1) is 16.6 Å². The molecule has 5 rings (SSSR count). The lowest BCUT2D eigenvalue weighted by molar-refractivity contribution is -0.687. The number of carboxylic acids is 1. The highest BCUT2D eigenvalue weighted by molar-refractivity contribution is 8.00. The molecule has 3 aromatic heterocycles. The molecule has 0 aliphatic carbocycles. The molecular formula is C26H28ClN8O6S2+. The summed E-state index contributed by atoms with van der Waals surface area (Å²) in [7, 11) is 1.91. The summed E-state index contributed by atoms with van der Waals surface area (Å²) in [5.41, 5.74) is 7.30. The minimum absolute atomic E-state index is 0.0348. The molecular weight excluding hydrogens is 620 g/mol. The minimum atomic E-state index is -1.37. The van der Waals surface area contributed by atoms with Crippen molar-refractivity contribution in [1.29, 1.82) is 0 Å². The third kappa shape index (κ3) is 6.08. The number of oxime groups is 1. The first-order valence-electron chi connectivity index (χ1n) is 13.1. The number of nitrogens with zero attached hydrogens (tertiary/aromatic N) is 5. The van der Waals surface area contributed by atoms with Crippen LogP contribution in [0, 0.1) is 0 Å². The quantitative estimate of drug-likeness (QED) is 0.0713. The Hall–Kier alpha value is -3.99. The maximum Gasteiger partial charge on any atom is 0.347 e.